The summed E-state index contributed by atoms with van der Waals surface area (Å²) in [5.74, 6) is 2.92. The number of hydrogen-bond acceptors (Lipinski definition) is 4. The van der Waals surface area contributed by atoms with E-state index >= 15 is 0 Å². The average molecular weight is 293 g/mol. The summed E-state index contributed by atoms with van der Waals surface area (Å²) < 4.78 is 5.00. The molecule has 0 aliphatic heterocycles. The van der Waals surface area contributed by atoms with E-state index < -0.39 is 0 Å². The molecule has 0 saturated heterocycles. The fourth-order valence-electron chi connectivity index (χ4n) is 1.47. The highest BCUT2D eigenvalue weighted by Gasteiger charge is 2.06. The number of nitrogens with one attached hydrogen (secondary N) is 1. The van der Waals surface area contributed by atoms with Crippen LogP contribution < -0.4 is 5.32 Å². The minimum Gasteiger partial charge on any atom is -0.449 e. The molecule has 1 amide bonds. The predicted molar refractivity (Wildman–Crippen MR) is 83.2 cm³/mol. The minimum absolute atomic E-state index is 0.308. The fraction of sp³-hybridized carbons (Fsp3) is 0.923. The van der Waals surface area contributed by atoms with Crippen LogP contribution in [0.15, 0.2) is 0 Å². The Bertz CT molecular complexity index is 203. The second-order valence-corrected chi connectivity index (χ2v) is 6.82. The fourth-order valence-corrected chi connectivity index (χ4v) is 3.85. The summed E-state index contributed by atoms with van der Waals surface area (Å²) in [5, 5.41) is 2.61. The van der Waals surface area contributed by atoms with Gasteiger partial charge in [-0.3, -0.25) is 0 Å². The van der Waals surface area contributed by atoms with E-state index in [4.69, 9.17) is 4.74 Å². The van der Waals surface area contributed by atoms with E-state index in [-0.39, 0.29) is 6.09 Å². The largest absolute Gasteiger partial charge is 0.449 e. The topological polar surface area (TPSA) is 38.3 Å². The van der Waals surface area contributed by atoms with Gasteiger partial charge in [-0.1, -0.05) is 54.7 Å². The van der Waals surface area contributed by atoms with Gasteiger partial charge < -0.3 is 10.1 Å². The van der Waals surface area contributed by atoms with Gasteiger partial charge >= 0.3 is 6.09 Å². The number of rotatable bonds is 11. The molecule has 0 bridgehead atoms. The van der Waals surface area contributed by atoms with Crippen molar-refractivity contribution in [3.63, 3.8) is 0 Å². The lowest BCUT2D eigenvalue weighted by Crippen LogP contribution is -2.24. The van der Waals surface area contributed by atoms with Gasteiger partial charge in [0.1, 0.15) is 6.61 Å². The van der Waals surface area contributed by atoms with Crippen molar-refractivity contribution in [1.82, 2.24) is 5.32 Å². The van der Waals surface area contributed by atoms with Gasteiger partial charge in [0.2, 0.25) is 0 Å². The zero-order valence-electron chi connectivity index (χ0n) is 11.9. The van der Waals surface area contributed by atoms with Crippen LogP contribution in [0.2, 0.25) is 0 Å². The van der Waals surface area contributed by atoms with Crippen molar-refractivity contribution in [2.24, 2.45) is 5.92 Å². The molecular formula is C13H27NO2S2. The number of amides is 1. The Labute approximate surface area is 120 Å². The minimum atomic E-state index is -0.308. The maximum Gasteiger partial charge on any atom is 0.407 e. The standard InChI is InChI=1S/C13H27NO2S2/c1-4-7-8-12(5-2)11-18-17-10-9-16-13(15)14-6-3/h12H,4-11H2,1-3H3,(H,14,15). The van der Waals surface area contributed by atoms with E-state index in [1.807, 2.05) is 17.7 Å². The Balaban J connectivity index is 3.35. The number of carbonyl (C=O) groups excluding carboxylic acids is 1. The molecule has 0 spiro atoms. The summed E-state index contributed by atoms with van der Waals surface area (Å²) in [4.78, 5) is 11.0. The first-order valence-electron chi connectivity index (χ1n) is 6.89. The van der Waals surface area contributed by atoms with Crippen molar-refractivity contribution in [2.75, 3.05) is 24.7 Å². The average Bonchev–Trinajstić information content (AvgIpc) is 2.37. The maximum absolute atomic E-state index is 11.0. The first kappa shape index (κ1) is 18.0. The van der Waals surface area contributed by atoms with E-state index in [2.05, 4.69) is 19.2 Å². The normalized spacial score (nSPS) is 12.2. The molecule has 5 heteroatoms. The van der Waals surface area contributed by atoms with Gasteiger partial charge in [0.25, 0.3) is 0 Å². The van der Waals surface area contributed by atoms with Crippen LogP contribution in [0.1, 0.15) is 46.5 Å². The molecule has 0 aromatic rings. The van der Waals surface area contributed by atoms with Gasteiger partial charge in [-0.25, -0.2) is 4.79 Å². The zero-order valence-corrected chi connectivity index (χ0v) is 13.5. The highest BCUT2D eigenvalue weighted by molar-refractivity contribution is 8.76. The van der Waals surface area contributed by atoms with Crippen LogP contribution in [0, 0.1) is 5.92 Å². The second kappa shape index (κ2) is 13.4. The van der Waals surface area contributed by atoms with Crippen LogP contribution in [-0.4, -0.2) is 30.8 Å². The molecule has 3 nitrogen and oxygen atoms in total. The van der Waals surface area contributed by atoms with Gasteiger partial charge in [-0.15, -0.1) is 0 Å². The number of ether oxygens (including phenoxy) is 1. The number of unbranched alkanes of at least 4 members (excludes halogenated alkanes) is 1. The van der Waals surface area contributed by atoms with E-state index in [0.717, 1.165) is 11.7 Å². The lowest BCUT2D eigenvalue weighted by molar-refractivity contribution is 0.154. The highest BCUT2D eigenvalue weighted by atomic mass is 33.1. The lowest BCUT2D eigenvalue weighted by Gasteiger charge is -2.13. The molecule has 0 aromatic heterocycles. The predicted octanol–water partition coefficient (Wildman–Crippen LogP) is 4.33. The van der Waals surface area contributed by atoms with E-state index in [0.29, 0.717) is 13.2 Å². The lowest BCUT2D eigenvalue weighted by atomic mass is 10.0. The Morgan fingerprint density at radius 2 is 2.06 bits per heavy atom. The van der Waals surface area contributed by atoms with Crippen LogP contribution >= 0.6 is 21.6 Å². The number of alkyl carbamates (subject to hydrolysis) is 1. The number of carbonyl (C=O) groups is 1. The zero-order chi connectivity index (χ0) is 13.6. The summed E-state index contributed by atoms with van der Waals surface area (Å²) in [6.07, 6.45) is 4.93. The van der Waals surface area contributed by atoms with Gasteiger partial charge in [0.15, 0.2) is 0 Å². The first-order chi connectivity index (χ1) is 8.74. The van der Waals surface area contributed by atoms with E-state index in [1.54, 1.807) is 10.8 Å². The summed E-state index contributed by atoms with van der Waals surface area (Å²) in [7, 11) is 3.71. The first-order valence-corrected chi connectivity index (χ1v) is 9.38. The van der Waals surface area contributed by atoms with Crippen molar-refractivity contribution in [3.8, 4) is 0 Å². The van der Waals surface area contributed by atoms with Crippen LogP contribution in [0.25, 0.3) is 0 Å². The molecule has 0 rings (SSSR count). The summed E-state index contributed by atoms with van der Waals surface area (Å²) in [6.45, 7) is 7.51. The Kier molecular flexibility index (Phi) is 13.4. The molecule has 0 aliphatic carbocycles. The second-order valence-electron chi connectivity index (χ2n) is 4.19. The van der Waals surface area contributed by atoms with E-state index in [9.17, 15) is 4.79 Å². The van der Waals surface area contributed by atoms with Crippen molar-refractivity contribution in [3.05, 3.63) is 0 Å². The molecule has 0 fully saturated rings. The third-order valence-electron chi connectivity index (χ3n) is 2.65. The summed E-state index contributed by atoms with van der Waals surface area (Å²) in [6, 6.07) is 0. The molecule has 0 aromatic carbocycles. The van der Waals surface area contributed by atoms with E-state index in [1.165, 1.54) is 31.4 Å². The molecule has 1 atom stereocenters. The van der Waals surface area contributed by atoms with Gasteiger partial charge in [0.05, 0.1) is 0 Å². The summed E-state index contributed by atoms with van der Waals surface area (Å²) in [5.41, 5.74) is 0. The Morgan fingerprint density at radius 1 is 1.28 bits per heavy atom. The molecule has 1 N–H and O–H groups in total. The quantitative estimate of drug-likeness (QED) is 0.454. The Hall–Kier alpha value is -0.0300. The van der Waals surface area contributed by atoms with Crippen molar-refractivity contribution < 1.29 is 9.53 Å². The molecule has 0 heterocycles. The molecule has 18 heavy (non-hydrogen) atoms. The van der Waals surface area contributed by atoms with Crippen molar-refractivity contribution >= 4 is 27.7 Å². The van der Waals surface area contributed by atoms with Gasteiger partial charge in [0, 0.05) is 18.1 Å². The smallest absolute Gasteiger partial charge is 0.407 e. The SMILES string of the molecule is CCCCC(CC)CSSCCOC(=O)NCC. The van der Waals surface area contributed by atoms with Crippen LogP contribution in [-0.2, 0) is 4.74 Å². The molecule has 0 aliphatic rings. The highest BCUT2D eigenvalue weighted by Crippen LogP contribution is 2.27. The van der Waals surface area contributed by atoms with Gasteiger partial charge in [-0.05, 0) is 19.3 Å². The molecule has 1 unspecified atom stereocenters. The third kappa shape index (κ3) is 11.1. The van der Waals surface area contributed by atoms with Crippen LogP contribution in [0.3, 0.4) is 0 Å². The van der Waals surface area contributed by atoms with Gasteiger partial charge in [-0.2, -0.15) is 0 Å². The number of hydrogen-bond donors (Lipinski definition) is 1. The monoisotopic (exact) mass is 293 g/mol. The van der Waals surface area contributed by atoms with Crippen LogP contribution in [0.4, 0.5) is 4.79 Å². The third-order valence-corrected chi connectivity index (χ3v) is 5.17. The molecular weight excluding hydrogens is 266 g/mol. The maximum atomic E-state index is 11.0. The molecule has 0 saturated carbocycles. The Morgan fingerprint density at radius 3 is 2.67 bits per heavy atom. The van der Waals surface area contributed by atoms with Crippen LogP contribution in [0.5, 0.6) is 0 Å². The van der Waals surface area contributed by atoms with Crippen molar-refractivity contribution in [1.29, 1.82) is 0 Å². The van der Waals surface area contributed by atoms with Crippen molar-refractivity contribution in [2.45, 2.75) is 46.5 Å². The molecule has 0 radical (unpaired) electrons. The summed E-state index contributed by atoms with van der Waals surface area (Å²) >= 11 is 0. The molecule has 108 valence electrons.